The van der Waals surface area contributed by atoms with Gasteiger partial charge in [0.2, 0.25) is 0 Å². The number of nitrogens with zero attached hydrogens (tertiary/aromatic N) is 2. The molecular weight excluding hydrogens is 362 g/mol. The predicted molar refractivity (Wildman–Crippen MR) is 95.8 cm³/mol. The van der Waals surface area contributed by atoms with Gasteiger partial charge >= 0.3 is 0 Å². The van der Waals surface area contributed by atoms with Crippen molar-refractivity contribution in [2.45, 2.75) is 6.92 Å². The normalized spacial score (nSPS) is 10.5. The van der Waals surface area contributed by atoms with Crippen molar-refractivity contribution in [3.05, 3.63) is 76.7 Å². The van der Waals surface area contributed by atoms with Crippen LogP contribution in [0.25, 0.3) is 0 Å². The first-order valence-electron chi connectivity index (χ1n) is 7.55. The molecule has 0 saturated carbocycles. The molecule has 8 heteroatoms. The minimum absolute atomic E-state index is 0.0824. The highest BCUT2D eigenvalue weighted by atomic mass is 35.5. The van der Waals surface area contributed by atoms with E-state index in [1.54, 1.807) is 12.1 Å². The van der Waals surface area contributed by atoms with E-state index in [4.69, 9.17) is 11.6 Å². The summed E-state index contributed by atoms with van der Waals surface area (Å²) in [5.74, 6) is -2.13. The van der Waals surface area contributed by atoms with E-state index in [1.165, 1.54) is 18.5 Å². The average molecular weight is 375 g/mol. The highest BCUT2D eigenvalue weighted by Gasteiger charge is 2.15. The van der Waals surface area contributed by atoms with Crippen molar-refractivity contribution < 1.29 is 13.6 Å². The Morgan fingerprint density at radius 2 is 1.73 bits per heavy atom. The number of para-hydroxylation sites is 1. The number of hydrogen-bond donors (Lipinski definition) is 2. The van der Waals surface area contributed by atoms with E-state index in [1.807, 2.05) is 13.0 Å². The van der Waals surface area contributed by atoms with E-state index in [9.17, 15) is 13.6 Å². The van der Waals surface area contributed by atoms with E-state index in [2.05, 4.69) is 20.6 Å². The molecule has 5 nitrogen and oxygen atoms in total. The third kappa shape index (κ3) is 3.78. The fourth-order valence-electron chi connectivity index (χ4n) is 2.19. The first kappa shape index (κ1) is 17.8. The summed E-state index contributed by atoms with van der Waals surface area (Å²) in [4.78, 5) is 20.2. The lowest BCUT2D eigenvalue weighted by Crippen LogP contribution is -2.16. The molecule has 1 aromatic heterocycles. The molecular formula is C18H13ClF2N4O. The molecule has 0 fully saturated rings. The molecule has 2 N–H and O–H groups in total. The zero-order valence-electron chi connectivity index (χ0n) is 13.6. The zero-order valence-corrected chi connectivity index (χ0v) is 14.3. The Labute approximate surface area is 153 Å². The quantitative estimate of drug-likeness (QED) is 0.694. The van der Waals surface area contributed by atoms with E-state index in [-0.39, 0.29) is 5.69 Å². The lowest BCUT2D eigenvalue weighted by Gasteiger charge is -2.10. The molecule has 0 aliphatic heterocycles. The van der Waals surface area contributed by atoms with E-state index < -0.39 is 23.2 Å². The lowest BCUT2D eigenvalue weighted by atomic mass is 10.2. The second kappa shape index (κ2) is 7.45. The third-order valence-corrected chi connectivity index (χ3v) is 4.03. The Hall–Kier alpha value is -3.06. The fraction of sp³-hybridized carbons (Fsp3) is 0.0556. The first-order chi connectivity index (χ1) is 12.5. The number of amides is 1. The van der Waals surface area contributed by atoms with Gasteiger partial charge in [-0.15, -0.1) is 0 Å². The van der Waals surface area contributed by atoms with Crippen LogP contribution in [0.5, 0.6) is 0 Å². The molecule has 0 atom stereocenters. The van der Waals surface area contributed by atoms with Crippen LogP contribution in [0, 0.1) is 18.6 Å². The van der Waals surface area contributed by atoms with Gasteiger partial charge in [0.25, 0.3) is 5.91 Å². The van der Waals surface area contributed by atoms with E-state index in [0.29, 0.717) is 10.8 Å². The van der Waals surface area contributed by atoms with Crippen LogP contribution in [-0.2, 0) is 0 Å². The number of halogens is 3. The van der Waals surface area contributed by atoms with Crippen molar-refractivity contribution in [2.75, 3.05) is 10.6 Å². The van der Waals surface area contributed by atoms with Gasteiger partial charge in [0.1, 0.15) is 28.8 Å². The number of nitrogens with one attached hydrogen (secondary N) is 2. The Morgan fingerprint density at radius 1 is 1.04 bits per heavy atom. The van der Waals surface area contributed by atoms with Gasteiger partial charge in [-0.1, -0.05) is 23.7 Å². The number of hydrogen-bond acceptors (Lipinski definition) is 4. The fourth-order valence-corrected chi connectivity index (χ4v) is 2.36. The van der Waals surface area contributed by atoms with Gasteiger partial charge in [-0.05, 0) is 36.8 Å². The van der Waals surface area contributed by atoms with Crippen LogP contribution in [-0.4, -0.2) is 15.9 Å². The minimum atomic E-state index is -0.874. The van der Waals surface area contributed by atoms with Crippen molar-refractivity contribution in [1.29, 1.82) is 0 Å². The third-order valence-electron chi connectivity index (χ3n) is 3.62. The van der Waals surface area contributed by atoms with Gasteiger partial charge < -0.3 is 10.6 Å². The van der Waals surface area contributed by atoms with Crippen molar-refractivity contribution in [2.24, 2.45) is 0 Å². The number of rotatable bonds is 4. The summed E-state index contributed by atoms with van der Waals surface area (Å²) in [6.45, 7) is 1.85. The second-order valence-electron chi connectivity index (χ2n) is 5.38. The monoisotopic (exact) mass is 374 g/mol. The molecule has 0 saturated heterocycles. The summed E-state index contributed by atoms with van der Waals surface area (Å²) >= 11 is 6.06. The van der Waals surface area contributed by atoms with Gasteiger partial charge in [0.15, 0.2) is 0 Å². The van der Waals surface area contributed by atoms with Gasteiger partial charge in [0, 0.05) is 10.7 Å². The topological polar surface area (TPSA) is 66.9 Å². The van der Waals surface area contributed by atoms with Crippen LogP contribution >= 0.6 is 11.6 Å². The summed E-state index contributed by atoms with van der Waals surface area (Å²) in [5.41, 5.74) is 0.974. The molecule has 1 heterocycles. The highest BCUT2D eigenvalue weighted by molar-refractivity contribution is 6.31. The van der Waals surface area contributed by atoms with Crippen LogP contribution in [0.3, 0.4) is 0 Å². The summed E-state index contributed by atoms with van der Waals surface area (Å²) in [6, 6.07) is 8.68. The molecule has 3 aromatic rings. The van der Waals surface area contributed by atoms with Crippen LogP contribution in [0.4, 0.5) is 26.0 Å². The van der Waals surface area contributed by atoms with Crippen LogP contribution in [0.15, 0.2) is 48.8 Å². The largest absolute Gasteiger partial charge is 0.339 e. The SMILES string of the molecule is Cc1c(Cl)cccc1Nc1cnc(C(=O)Nc2c(F)cccc2F)cn1. The molecule has 1 amide bonds. The summed E-state index contributed by atoms with van der Waals surface area (Å²) in [7, 11) is 0. The molecule has 132 valence electrons. The van der Waals surface area contributed by atoms with Gasteiger partial charge in [-0.3, -0.25) is 4.79 Å². The molecule has 3 rings (SSSR count). The minimum Gasteiger partial charge on any atom is -0.339 e. The molecule has 0 aliphatic carbocycles. The van der Waals surface area contributed by atoms with E-state index in [0.717, 1.165) is 23.4 Å². The Kier molecular flexibility index (Phi) is 5.09. The molecule has 0 unspecified atom stereocenters. The average Bonchev–Trinajstić information content (AvgIpc) is 2.63. The first-order valence-corrected chi connectivity index (χ1v) is 7.93. The number of anilines is 3. The molecule has 0 bridgehead atoms. The highest BCUT2D eigenvalue weighted by Crippen LogP contribution is 2.25. The number of carbonyl (C=O) groups excluding carboxylic acids is 1. The molecule has 0 radical (unpaired) electrons. The number of aromatic nitrogens is 2. The molecule has 2 aromatic carbocycles. The molecule has 0 aliphatic rings. The summed E-state index contributed by atoms with van der Waals surface area (Å²) < 4.78 is 27.2. The van der Waals surface area contributed by atoms with Crippen molar-refractivity contribution in [3.8, 4) is 0 Å². The van der Waals surface area contributed by atoms with Crippen LogP contribution in [0.2, 0.25) is 5.02 Å². The van der Waals surface area contributed by atoms with Gasteiger partial charge in [0.05, 0.1) is 12.4 Å². The summed E-state index contributed by atoms with van der Waals surface area (Å²) in [5, 5.41) is 5.79. The maximum atomic E-state index is 13.6. The number of carbonyl (C=O) groups is 1. The smallest absolute Gasteiger partial charge is 0.276 e. The Balaban J connectivity index is 1.75. The Morgan fingerprint density at radius 3 is 2.38 bits per heavy atom. The van der Waals surface area contributed by atoms with Gasteiger partial charge in [-0.2, -0.15) is 0 Å². The second-order valence-corrected chi connectivity index (χ2v) is 5.78. The molecule has 0 spiro atoms. The van der Waals surface area contributed by atoms with Crippen LogP contribution in [0.1, 0.15) is 16.1 Å². The van der Waals surface area contributed by atoms with Gasteiger partial charge in [-0.25, -0.2) is 18.7 Å². The van der Waals surface area contributed by atoms with Crippen molar-refractivity contribution in [3.63, 3.8) is 0 Å². The van der Waals surface area contributed by atoms with Crippen LogP contribution < -0.4 is 10.6 Å². The van der Waals surface area contributed by atoms with Crippen molar-refractivity contribution >= 4 is 34.7 Å². The maximum Gasteiger partial charge on any atom is 0.276 e. The Bertz CT molecular complexity index is 944. The van der Waals surface area contributed by atoms with Crippen molar-refractivity contribution in [1.82, 2.24) is 9.97 Å². The zero-order chi connectivity index (χ0) is 18.7. The molecule has 26 heavy (non-hydrogen) atoms. The number of benzene rings is 2. The lowest BCUT2D eigenvalue weighted by molar-refractivity contribution is 0.102. The van der Waals surface area contributed by atoms with E-state index >= 15 is 0 Å². The predicted octanol–water partition coefficient (Wildman–Crippen LogP) is 4.71. The maximum absolute atomic E-state index is 13.6. The standard InChI is InChI=1S/C18H13ClF2N4O/c1-10-11(19)4-2-7-14(10)24-16-9-22-15(8-23-16)18(26)25-17-12(20)5-3-6-13(17)21/h2-9H,1H3,(H,23,24)(H,25,26). The summed E-state index contributed by atoms with van der Waals surface area (Å²) in [6.07, 6.45) is 2.54.